The van der Waals surface area contributed by atoms with Gasteiger partial charge in [-0.2, -0.15) is 0 Å². The Kier molecular flexibility index (Phi) is 7.00. The number of hydrogen-bond acceptors (Lipinski definition) is 2. The van der Waals surface area contributed by atoms with Crippen molar-refractivity contribution < 1.29 is 4.74 Å². The molecule has 3 heteroatoms. The maximum Gasteiger partial charge on any atom is 0.0622 e. The molecular formula is C13H20INO. The fraction of sp³-hybridized carbons (Fsp3) is 0.538. The first-order valence-electron chi connectivity index (χ1n) is 5.75. The van der Waals surface area contributed by atoms with Gasteiger partial charge in [0.1, 0.15) is 0 Å². The highest BCUT2D eigenvalue weighted by Crippen LogP contribution is 2.09. The largest absolute Gasteiger partial charge is 0.380 e. The van der Waals surface area contributed by atoms with Gasteiger partial charge in [0, 0.05) is 16.2 Å². The third kappa shape index (κ3) is 5.27. The minimum Gasteiger partial charge on any atom is -0.380 e. The van der Waals surface area contributed by atoms with Crippen LogP contribution in [0, 0.1) is 3.57 Å². The molecule has 16 heavy (non-hydrogen) atoms. The molecule has 1 aromatic rings. The lowest BCUT2D eigenvalue weighted by Gasteiger charge is -2.16. The Balaban J connectivity index is 2.40. The van der Waals surface area contributed by atoms with E-state index in [1.807, 2.05) is 7.05 Å². The van der Waals surface area contributed by atoms with Crippen molar-refractivity contribution in [1.82, 2.24) is 5.32 Å². The molecule has 0 saturated heterocycles. The molecule has 0 fully saturated rings. The maximum atomic E-state index is 5.57. The standard InChI is InChI=1S/C13H20INO/c1-3-8-16-10-13(15-2)9-11-4-6-12(14)7-5-11/h4-7,13,15H,3,8-10H2,1-2H3. The van der Waals surface area contributed by atoms with Gasteiger partial charge in [0.15, 0.2) is 0 Å². The number of halogens is 1. The van der Waals surface area contributed by atoms with Crippen LogP contribution in [0.2, 0.25) is 0 Å². The molecule has 0 radical (unpaired) electrons. The van der Waals surface area contributed by atoms with Crippen LogP contribution >= 0.6 is 22.6 Å². The Morgan fingerprint density at radius 1 is 1.31 bits per heavy atom. The summed E-state index contributed by atoms with van der Waals surface area (Å²) in [5.41, 5.74) is 1.36. The van der Waals surface area contributed by atoms with E-state index in [1.165, 1.54) is 9.13 Å². The van der Waals surface area contributed by atoms with E-state index in [0.717, 1.165) is 26.1 Å². The lowest BCUT2D eigenvalue weighted by atomic mass is 10.1. The molecular weight excluding hydrogens is 313 g/mol. The molecule has 0 saturated carbocycles. The predicted octanol–water partition coefficient (Wildman–Crippen LogP) is 2.85. The molecule has 90 valence electrons. The van der Waals surface area contributed by atoms with Gasteiger partial charge in [0.05, 0.1) is 6.61 Å². The van der Waals surface area contributed by atoms with Gasteiger partial charge in [-0.05, 0) is 60.2 Å². The van der Waals surface area contributed by atoms with Crippen molar-refractivity contribution >= 4 is 22.6 Å². The fourth-order valence-corrected chi connectivity index (χ4v) is 1.88. The molecule has 1 aromatic carbocycles. The van der Waals surface area contributed by atoms with E-state index in [-0.39, 0.29) is 0 Å². The predicted molar refractivity (Wildman–Crippen MR) is 76.8 cm³/mol. The Morgan fingerprint density at radius 2 is 2.00 bits per heavy atom. The Morgan fingerprint density at radius 3 is 2.56 bits per heavy atom. The number of nitrogens with one attached hydrogen (secondary N) is 1. The molecule has 0 aliphatic carbocycles. The molecule has 0 spiro atoms. The van der Waals surface area contributed by atoms with Crippen LogP contribution in [0.25, 0.3) is 0 Å². The smallest absolute Gasteiger partial charge is 0.0622 e. The summed E-state index contributed by atoms with van der Waals surface area (Å²) in [6, 6.07) is 9.08. The van der Waals surface area contributed by atoms with Gasteiger partial charge >= 0.3 is 0 Å². The zero-order chi connectivity index (χ0) is 11.8. The zero-order valence-electron chi connectivity index (χ0n) is 10.0. The molecule has 0 heterocycles. The van der Waals surface area contributed by atoms with Crippen LogP contribution in [0.3, 0.4) is 0 Å². The third-order valence-corrected chi connectivity index (χ3v) is 3.19. The normalized spacial score (nSPS) is 12.7. The topological polar surface area (TPSA) is 21.3 Å². The lowest BCUT2D eigenvalue weighted by Crippen LogP contribution is -2.32. The molecule has 0 amide bonds. The molecule has 1 N–H and O–H groups in total. The maximum absolute atomic E-state index is 5.57. The first kappa shape index (κ1) is 13.9. The summed E-state index contributed by atoms with van der Waals surface area (Å²) >= 11 is 2.33. The summed E-state index contributed by atoms with van der Waals surface area (Å²) < 4.78 is 6.85. The average Bonchev–Trinajstić information content (AvgIpc) is 2.31. The number of ether oxygens (including phenoxy) is 1. The summed E-state index contributed by atoms with van der Waals surface area (Å²) in [5, 5.41) is 3.30. The van der Waals surface area contributed by atoms with Crippen molar-refractivity contribution in [2.24, 2.45) is 0 Å². The number of rotatable bonds is 7. The number of hydrogen-bond donors (Lipinski definition) is 1. The van der Waals surface area contributed by atoms with Crippen molar-refractivity contribution in [3.05, 3.63) is 33.4 Å². The minimum atomic E-state index is 0.409. The molecule has 1 rings (SSSR count). The Bertz CT molecular complexity index is 286. The van der Waals surface area contributed by atoms with Crippen molar-refractivity contribution in [1.29, 1.82) is 0 Å². The molecule has 0 bridgehead atoms. The highest BCUT2D eigenvalue weighted by molar-refractivity contribution is 14.1. The van der Waals surface area contributed by atoms with E-state index in [2.05, 4.69) is 59.1 Å². The van der Waals surface area contributed by atoms with E-state index in [9.17, 15) is 0 Å². The van der Waals surface area contributed by atoms with Crippen molar-refractivity contribution in [2.45, 2.75) is 25.8 Å². The zero-order valence-corrected chi connectivity index (χ0v) is 12.2. The third-order valence-electron chi connectivity index (χ3n) is 2.47. The van der Waals surface area contributed by atoms with Gasteiger partial charge in [-0.25, -0.2) is 0 Å². The van der Waals surface area contributed by atoms with Crippen LogP contribution in [-0.2, 0) is 11.2 Å². The Hall–Kier alpha value is -0.130. The molecule has 0 aliphatic rings. The van der Waals surface area contributed by atoms with E-state index in [4.69, 9.17) is 4.74 Å². The second-order valence-electron chi connectivity index (χ2n) is 3.89. The van der Waals surface area contributed by atoms with Gasteiger partial charge in [0.2, 0.25) is 0 Å². The fourth-order valence-electron chi connectivity index (χ4n) is 1.52. The van der Waals surface area contributed by atoms with Crippen molar-refractivity contribution in [3.8, 4) is 0 Å². The average molecular weight is 333 g/mol. The van der Waals surface area contributed by atoms with Crippen LogP contribution in [0.5, 0.6) is 0 Å². The SMILES string of the molecule is CCCOCC(Cc1ccc(I)cc1)NC. The minimum absolute atomic E-state index is 0.409. The van der Waals surface area contributed by atoms with Gasteiger partial charge in [0.25, 0.3) is 0 Å². The Labute approximate surface area is 112 Å². The highest BCUT2D eigenvalue weighted by atomic mass is 127. The summed E-state index contributed by atoms with van der Waals surface area (Å²) in [5.74, 6) is 0. The van der Waals surface area contributed by atoms with Crippen LogP contribution < -0.4 is 5.32 Å². The summed E-state index contributed by atoms with van der Waals surface area (Å²) in [6.07, 6.45) is 2.11. The van der Waals surface area contributed by atoms with Gasteiger partial charge in [-0.1, -0.05) is 19.1 Å². The van der Waals surface area contributed by atoms with Crippen LogP contribution in [0.4, 0.5) is 0 Å². The highest BCUT2D eigenvalue weighted by Gasteiger charge is 2.06. The summed E-state index contributed by atoms with van der Waals surface area (Å²) in [4.78, 5) is 0. The first-order chi connectivity index (χ1) is 7.76. The second-order valence-corrected chi connectivity index (χ2v) is 5.14. The van der Waals surface area contributed by atoms with Gasteiger partial charge < -0.3 is 10.1 Å². The van der Waals surface area contributed by atoms with Crippen LogP contribution in [0.1, 0.15) is 18.9 Å². The monoisotopic (exact) mass is 333 g/mol. The number of likely N-dealkylation sites (N-methyl/N-ethyl adjacent to an activating group) is 1. The van der Waals surface area contributed by atoms with Gasteiger partial charge in [-0.15, -0.1) is 0 Å². The molecule has 0 aromatic heterocycles. The molecule has 2 nitrogen and oxygen atoms in total. The molecule has 1 unspecified atom stereocenters. The van der Waals surface area contributed by atoms with E-state index < -0.39 is 0 Å². The summed E-state index contributed by atoms with van der Waals surface area (Å²) in [7, 11) is 1.99. The first-order valence-corrected chi connectivity index (χ1v) is 6.83. The summed E-state index contributed by atoms with van der Waals surface area (Å²) in [6.45, 7) is 3.77. The van der Waals surface area contributed by atoms with E-state index in [1.54, 1.807) is 0 Å². The number of benzene rings is 1. The second kappa shape index (κ2) is 8.03. The molecule has 1 atom stereocenters. The van der Waals surface area contributed by atoms with Crippen molar-refractivity contribution in [3.63, 3.8) is 0 Å². The quantitative estimate of drug-likeness (QED) is 0.612. The van der Waals surface area contributed by atoms with E-state index >= 15 is 0 Å². The van der Waals surface area contributed by atoms with Crippen LogP contribution in [0.15, 0.2) is 24.3 Å². The lowest BCUT2D eigenvalue weighted by molar-refractivity contribution is 0.114. The van der Waals surface area contributed by atoms with E-state index in [0.29, 0.717) is 6.04 Å². The molecule has 0 aliphatic heterocycles. The van der Waals surface area contributed by atoms with Gasteiger partial charge in [-0.3, -0.25) is 0 Å². The van der Waals surface area contributed by atoms with Crippen molar-refractivity contribution in [2.75, 3.05) is 20.3 Å². The van der Waals surface area contributed by atoms with Crippen LogP contribution in [-0.4, -0.2) is 26.3 Å².